The number of halogens is 7. The molecule has 0 fully saturated rings. The van der Waals surface area contributed by atoms with Gasteiger partial charge in [-0.15, -0.1) is 0 Å². The first-order valence-electron chi connectivity index (χ1n) is 26.0. The Hall–Kier alpha value is -5.53. The van der Waals surface area contributed by atoms with E-state index in [0.29, 0.717) is 50.9 Å². The summed E-state index contributed by atoms with van der Waals surface area (Å²) in [7, 11) is 0. The van der Waals surface area contributed by atoms with Crippen molar-refractivity contribution in [3.05, 3.63) is 290 Å². The molecular weight excluding hydrogens is 1310 g/mol. The molecule has 0 saturated heterocycles. The molecule has 7 nitrogen and oxygen atoms in total. The normalized spacial score (nSPS) is 12.2. The average Bonchev–Trinajstić information content (AvgIpc) is 3.41. The summed E-state index contributed by atoms with van der Waals surface area (Å²) in [4.78, 5) is 4.59. The number of anilines is 2. The zero-order valence-corrected chi connectivity index (χ0v) is 52.8. The standard InChI is InChI=1S/C24H22BrCl2N3.C24H23Cl2N3O.C18H15Br2P/c25-12-13-30(16-18-4-2-1-3-5-18)17-24(20-7-9-21(26)10-8-20)29-23-11-6-19(15-28)14-22(23)27;25-21-9-7-20(8-10-21)24(28-23-11-6-19(15-27)14-22(23)26)17-29(12-13-30)16-18-4-2-1-3-5-18;19-21(20,16-10-4-1-5-11-16,17-12-6-2-7-13-17)18-14-8-3-9-15-18/h1-11,14,24,29H,12-13,16-17H2;1-11,14,24,28,30H,12-13,16-17H2;1-15H/t2*24-;/m00./s1. The fraction of sp³-hybridized carbons (Fsp3) is 0.152. The molecule has 81 heavy (non-hydrogen) atoms. The number of aliphatic hydroxyl groups is 1. The Labute approximate surface area is 521 Å². The molecule has 0 aliphatic rings. The summed E-state index contributed by atoms with van der Waals surface area (Å²) in [6.45, 7) is 4.50. The van der Waals surface area contributed by atoms with Gasteiger partial charge in [-0.2, -0.15) is 10.5 Å². The molecule has 0 aliphatic heterocycles. The van der Waals surface area contributed by atoms with Crippen molar-refractivity contribution >= 4 is 125 Å². The summed E-state index contributed by atoms with van der Waals surface area (Å²) in [6.07, 6.45) is 0. The van der Waals surface area contributed by atoms with E-state index in [2.05, 4.69) is 207 Å². The van der Waals surface area contributed by atoms with Crippen LogP contribution in [0.3, 0.4) is 0 Å². The molecule has 15 heteroatoms. The van der Waals surface area contributed by atoms with Gasteiger partial charge < -0.3 is 15.7 Å². The number of aliphatic hydroxyl groups excluding tert-OH is 1. The molecule has 0 heterocycles. The van der Waals surface area contributed by atoms with Crippen molar-refractivity contribution in [3.8, 4) is 12.1 Å². The van der Waals surface area contributed by atoms with Crippen LogP contribution >= 0.6 is 97.3 Å². The topological polar surface area (TPSA) is 98.3 Å². The van der Waals surface area contributed by atoms with Crippen molar-refractivity contribution in [2.75, 3.05) is 48.7 Å². The van der Waals surface area contributed by atoms with Crippen LogP contribution in [0.15, 0.2) is 237 Å². The third-order valence-electron chi connectivity index (χ3n) is 13.2. The Balaban J connectivity index is 0.000000178. The number of nitrogens with zero attached hydrogens (tertiary/aromatic N) is 4. The molecule has 0 saturated carbocycles. The summed E-state index contributed by atoms with van der Waals surface area (Å²) in [5, 5.41) is 41.9. The van der Waals surface area contributed by atoms with Crippen molar-refractivity contribution in [1.82, 2.24) is 9.80 Å². The molecule has 0 aliphatic carbocycles. The molecule has 3 N–H and O–H groups in total. The predicted molar refractivity (Wildman–Crippen MR) is 355 cm³/mol. The van der Waals surface area contributed by atoms with Gasteiger partial charge in [-0.1, -0.05) is 147 Å². The first-order valence-corrected chi connectivity index (χ1v) is 35.0. The summed E-state index contributed by atoms with van der Waals surface area (Å²) < 4.78 is -2.75. The molecule has 9 aromatic rings. The maximum atomic E-state index is 9.59. The van der Waals surface area contributed by atoms with Crippen molar-refractivity contribution in [2.45, 2.75) is 25.2 Å². The smallest absolute Gasteiger partial charge is 0.0992 e. The molecule has 0 amide bonds. The Kier molecular flexibility index (Phi) is 24.7. The van der Waals surface area contributed by atoms with Gasteiger partial charge >= 0.3 is 142 Å². The first-order chi connectivity index (χ1) is 39.3. The van der Waals surface area contributed by atoms with Crippen molar-refractivity contribution in [3.63, 3.8) is 0 Å². The van der Waals surface area contributed by atoms with Gasteiger partial charge in [0.2, 0.25) is 0 Å². The summed E-state index contributed by atoms with van der Waals surface area (Å²) >= 11 is 36.9. The number of hydrogen-bond donors (Lipinski definition) is 3. The summed E-state index contributed by atoms with van der Waals surface area (Å²) in [5.74, 6) is 0. The van der Waals surface area contributed by atoms with Crippen LogP contribution in [0.5, 0.6) is 0 Å². The summed E-state index contributed by atoms with van der Waals surface area (Å²) in [6, 6.07) is 82.6. The van der Waals surface area contributed by atoms with Crippen LogP contribution in [-0.4, -0.2) is 53.0 Å². The Morgan fingerprint density at radius 3 is 1.10 bits per heavy atom. The zero-order valence-electron chi connectivity index (χ0n) is 44.2. The molecule has 9 aromatic carbocycles. The second-order valence-electron chi connectivity index (χ2n) is 18.9. The van der Waals surface area contributed by atoms with Crippen molar-refractivity contribution < 1.29 is 5.11 Å². The van der Waals surface area contributed by atoms with E-state index in [9.17, 15) is 5.11 Å². The van der Waals surface area contributed by atoms with Gasteiger partial charge in [0.15, 0.2) is 0 Å². The first kappa shape index (κ1) is 63.1. The molecule has 2 atom stereocenters. The van der Waals surface area contributed by atoms with E-state index < -0.39 is 4.01 Å². The monoisotopic (exact) mass is 1360 g/mol. The van der Waals surface area contributed by atoms with E-state index in [1.807, 2.05) is 84.9 Å². The van der Waals surface area contributed by atoms with Gasteiger partial charge in [0, 0.05) is 54.6 Å². The molecule has 0 radical (unpaired) electrons. The number of benzene rings is 9. The molecule has 414 valence electrons. The van der Waals surface area contributed by atoms with E-state index in [-0.39, 0.29) is 18.7 Å². The number of nitrogens with one attached hydrogen (secondary N) is 2. The van der Waals surface area contributed by atoms with Gasteiger partial charge in [-0.3, -0.25) is 9.80 Å². The maximum absolute atomic E-state index is 9.59. The molecule has 0 unspecified atom stereocenters. The molecule has 9 rings (SSSR count). The summed E-state index contributed by atoms with van der Waals surface area (Å²) in [5.41, 5.74) is 7.22. The molecule has 0 aromatic heterocycles. The Morgan fingerprint density at radius 2 is 0.790 bits per heavy atom. The minimum Gasteiger partial charge on any atom is -0.395 e. The minimum atomic E-state index is -2.75. The minimum absolute atomic E-state index is 0.00420. The predicted octanol–water partition coefficient (Wildman–Crippen LogP) is 17.6. The van der Waals surface area contributed by atoms with Crippen LogP contribution in [0.4, 0.5) is 11.4 Å². The van der Waals surface area contributed by atoms with Gasteiger partial charge in [-0.05, 0) is 82.9 Å². The zero-order chi connectivity index (χ0) is 57.5. The quantitative estimate of drug-likeness (QED) is 0.0487. The van der Waals surface area contributed by atoms with Crippen LogP contribution in [0.1, 0.15) is 45.5 Å². The van der Waals surface area contributed by atoms with Crippen LogP contribution in [0, 0.1) is 22.7 Å². The maximum Gasteiger partial charge on any atom is 0.0992 e. The fourth-order valence-electron chi connectivity index (χ4n) is 9.08. The largest absolute Gasteiger partial charge is 0.395 e. The van der Waals surface area contributed by atoms with Crippen molar-refractivity contribution in [2.24, 2.45) is 0 Å². The average molecular weight is 1370 g/mol. The van der Waals surface area contributed by atoms with E-state index in [1.165, 1.54) is 27.0 Å². The van der Waals surface area contributed by atoms with Crippen LogP contribution in [0.2, 0.25) is 20.1 Å². The second kappa shape index (κ2) is 31.8. The second-order valence-corrected chi connectivity index (χ2v) is 36.1. The van der Waals surface area contributed by atoms with Gasteiger partial charge in [0.25, 0.3) is 0 Å². The van der Waals surface area contributed by atoms with Crippen molar-refractivity contribution in [1.29, 1.82) is 10.5 Å². The molecular formula is C66H60Br3Cl4N6OP. The van der Waals surface area contributed by atoms with Crippen LogP contribution in [0.25, 0.3) is 0 Å². The Bertz CT molecular complexity index is 3170. The van der Waals surface area contributed by atoms with E-state index >= 15 is 0 Å². The van der Waals surface area contributed by atoms with E-state index in [4.69, 9.17) is 56.9 Å². The third kappa shape index (κ3) is 18.2. The Morgan fingerprint density at radius 1 is 0.457 bits per heavy atom. The fourth-order valence-corrected chi connectivity index (χ4v) is 17.5. The third-order valence-corrected chi connectivity index (χ3v) is 25.7. The molecule has 0 bridgehead atoms. The SMILES string of the molecule is BrP(Br)(c1ccccc1)(c1ccccc1)c1ccccc1.N#Cc1ccc(N[C@@H](CN(CCBr)Cc2ccccc2)c2ccc(Cl)cc2)c(Cl)c1.N#Cc1ccc(N[C@@H](CN(CCO)Cc2ccccc2)c2ccc(Cl)cc2)c(Cl)c1. The number of nitriles is 2. The van der Waals surface area contributed by atoms with Gasteiger partial charge in [0.05, 0.1) is 63.4 Å². The number of alkyl halides is 1. The van der Waals surface area contributed by atoms with E-state index in [1.54, 1.807) is 24.3 Å². The number of hydrogen-bond acceptors (Lipinski definition) is 7. The van der Waals surface area contributed by atoms with Crippen LogP contribution in [-0.2, 0) is 13.1 Å². The molecule has 0 spiro atoms. The number of rotatable bonds is 21. The van der Waals surface area contributed by atoms with Gasteiger partial charge in [-0.25, -0.2) is 0 Å². The van der Waals surface area contributed by atoms with Gasteiger partial charge in [0.1, 0.15) is 0 Å². The van der Waals surface area contributed by atoms with E-state index in [0.717, 1.165) is 47.5 Å². The van der Waals surface area contributed by atoms with Crippen LogP contribution < -0.4 is 26.5 Å².